The average Bonchev–Trinajstić information content (AvgIpc) is 2.40. The van der Waals surface area contributed by atoms with Gasteiger partial charge in [-0.3, -0.25) is 0 Å². The minimum Gasteiger partial charge on any atom is -0.370 e. The van der Waals surface area contributed by atoms with Crippen LogP contribution >= 0.6 is 0 Å². The number of anilines is 2. The fourth-order valence-corrected chi connectivity index (χ4v) is 2.57. The molecular formula is C16H28N4. The quantitative estimate of drug-likeness (QED) is 0.785. The van der Waals surface area contributed by atoms with Gasteiger partial charge in [0.25, 0.3) is 0 Å². The van der Waals surface area contributed by atoms with Gasteiger partial charge in [0.15, 0.2) is 0 Å². The molecule has 0 bridgehead atoms. The second kappa shape index (κ2) is 6.42. The van der Waals surface area contributed by atoms with Crippen molar-refractivity contribution in [2.45, 2.75) is 71.3 Å². The van der Waals surface area contributed by atoms with E-state index in [1.54, 1.807) is 0 Å². The monoisotopic (exact) mass is 276 g/mol. The predicted octanol–water partition coefficient (Wildman–Crippen LogP) is 4.17. The largest absolute Gasteiger partial charge is 0.370 e. The Morgan fingerprint density at radius 2 is 1.90 bits per heavy atom. The Balaban J connectivity index is 2.19. The molecule has 0 aliphatic heterocycles. The molecule has 20 heavy (non-hydrogen) atoms. The first-order valence-corrected chi connectivity index (χ1v) is 7.99. The molecule has 0 atom stereocenters. The van der Waals surface area contributed by atoms with Gasteiger partial charge in [-0.25, -0.2) is 9.97 Å². The van der Waals surface area contributed by atoms with Crippen LogP contribution in [0.4, 0.5) is 11.6 Å². The summed E-state index contributed by atoms with van der Waals surface area (Å²) in [5, 5.41) is 7.04. The van der Waals surface area contributed by atoms with Crippen molar-refractivity contribution in [3.63, 3.8) is 0 Å². The van der Waals surface area contributed by atoms with E-state index in [9.17, 15) is 0 Å². The van der Waals surface area contributed by atoms with Crippen LogP contribution in [0.15, 0.2) is 6.07 Å². The van der Waals surface area contributed by atoms with Crippen LogP contribution in [0.1, 0.15) is 71.5 Å². The number of nitrogens with one attached hydrogen (secondary N) is 2. The number of rotatable bonds is 7. The van der Waals surface area contributed by atoms with Gasteiger partial charge in [-0.1, -0.05) is 27.7 Å². The van der Waals surface area contributed by atoms with Crippen molar-refractivity contribution in [2.75, 3.05) is 17.2 Å². The molecule has 1 fully saturated rings. The minimum absolute atomic E-state index is 0.268. The van der Waals surface area contributed by atoms with Crippen LogP contribution in [0.25, 0.3) is 0 Å². The van der Waals surface area contributed by atoms with Crippen molar-refractivity contribution < 1.29 is 0 Å². The molecule has 2 N–H and O–H groups in total. The van der Waals surface area contributed by atoms with Crippen LogP contribution < -0.4 is 10.6 Å². The topological polar surface area (TPSA) is 49.8 Å². The summed E-state index contributed by atoms with van der Waals surface area (Å²) in [7, 11) is 0. The molecule has 0 aromatic carbocycles. The van der Waals surface area contributed by atoms with E-state index < -0.39 is 0 Å². The maximum atomic E-state index is 4.69. The third kappa shape index (κ3) is 3.41. The summed E-state index contributed by atoms with van der Waals surface area (Å²) in [5.41, 5.74) is 0.268. The van der Waals surface area contributed by atoms with Crippen molar-refractivity contribution in [1.29, 1.82) is 0 Å². The van der Waals surface area contributed by atoms with Gasteiger partial charge in [-0.15, -0.1) is 0 Å². The smallest absolute Gasteiger partial charge is 0.135 e. The predicted molar refractivity (Wildman–Crippen MR) is 85.4 cm³/mol. The van der Waals surface area contributed by atoms with Gasteiger partial charge < -0.3 is 10.6 Å². The van der Waals surface area contributed by atoms with Crippen LogP contribution in [0.2, 0.25) is 0 Å². The first-order chi connectivity index (χ1) is 9.58. The van der Waals surface area contributed by atoms with Crippen LogP contribution in [-0.4, -0.2) is 22.1 Å². The van der Waals surface area contributed by atoms with Crippen molar-refractivity contribution in [3.05, 3.63) is 11.9 Å². The molecule has 1 aromatic heterocycles. The van der Waals surface area contributed by atoms with E-state index in [2.05, 4.69) is 49.4 Å². The summed E-state index contributed by atoms with van der Waals surface area (Å²) in [6, 6.07) is 2.05. The Labute approximate surface area is 122 Å². The summed E-state index contributed by atoms with van der Waals surface area (Å²) in [5.74, 6) is 3.18. The molecule has 1 aliphatic carbocycles. The van der Waals surface area contributed by atoms with Crippen molar-refractivity contribution in [3.8, 4) is 0 Å². The molecule has 0 saturated heterocycles. The maximum Gasteiger partial charge on any atom is 0.135 e. The average molecular weight is 276 g/mol. The molecule has 1 aliphatic rings. The van der Waals surface area contributed by atoms with Crippen LogP contribution in [0.5, 0.6) is 0 Å². The lowest BCUT2D eigenvalue weighted by atomic mass is 9.75. The summed E-state index contributed by atoms with van der Waals surface area (Å²) < 4.78 is 0. The lowest BCUT2D eigenvalue weighted by Crippen LogP contribution is -2.44. The first-order valence-electron chi connectivity index (χ1n) is 7.99. The highest BCUT2D eigenvalue weighted by Gasteiger charge is 2.35. The van der Waals surface area contributed by atoms with Crippen LogP contribution in [0, 0.1) is 0 Å². The highest BCUT2D eigenvalue weighted by molar-refractivity contribution is 5.49. The van der Waals surface area contributed by atoms with Gasteiger partial charge in [0, 0.05) is 24.1 Å². The highest BCUT2D eigenvalue weighted by atomic mass is 15.1. The van der Waals surface area contributed by atoms with Gasteiger partial charge in [-0.2, -0.15) is 0 Å². The van der Waals surface area contributed by atoms with Gasteiger partial charge in [0.1, 0.15) is 17.5 Å². The Morgan fingerprint density at radius 3 is 2.40 bits per heavy atom. The lowest BCUT2D eigenvalue weighted by molar-refractivity contribution is 0.268. The molecule has 0 radical (unpaired) electrons. The SMILES string of the molecule is CCCNc1cc(NC2(CC)CCC2)nc(C(C)C)n1. The van der Waals surface area contributed by atoms with E-state index in [1.165, 1.54) is 19.3 Å². The number of aromatic nitrogens is 2. The highest BCUT2D eigenvalue weighted by Crippen LogP contribution is 2.37. The zero-order chi connectivity index (χ0) is 14.6. The second-order valence-electron chi connectivity index (χ2n) is 6.19. The molecule has 1 aromatic rings. The zero-order valence-electron chi connectivity index (χ0n) is 13.3. The molecular weight excluding hydrogens is 248 g/mol. The Morgan fingerprint density at radius 1 is 1.20 bits per heavy atom. The zero-order valence-corrected chi connectivity index (χ0v) is 13.3. The van der Waals surface area contributed by atoms with E-state index >= 15 is 0 Å². The van der Waals surface area contributed by atoms with Gasteiger partial charge in [0.05, 0.1) is 0 Å². The van der Waals surface area contributed by atoms with Crippen molar-refractivity contribution >= 4 is 11.6 Å². The molecule has 4 nitrogen and oxygen atoms in total. The first kappa shape index (κ1) is 15.1. The summed E-state index contributed by atoms with van der Waals surface area (Å²) >= 11 is 0. The Bertz CT molecular complexity index is 433. The Hall–Kier alpha value is -1.32. The maximum absolute atomic E-state index is 4.69. The fourth-order valence-electron chi connectivity index (χ4n) is 2.57. The normalized spacial score (nSPS) is 16.9. The van der Waals surface area contributed by atoms with E-state index in [-0.39, 0.29) is 5.54 Å². The lowest BCUT2D eigenvalue weighted by Gasteiger charge is -2.42. The third-order valence-corrected chi connectivity index (χ3v) is 4.20. The van der Waals surface area contributed by atoms with Crippen LogP contribution in [0.3, 0.4) is 0 Å². The molecule has 1 saturated carbocycles. The minimum atomic E-state index is 0.268. The summed E-state index contributed by atoms with van der Waals surface area (Å²) in [6.45, 7) is 9.65. The molecule has 4 heteroatoms. The number of hydrogen-bond acceptors (Lipinski definition) is 4. The standard InChI is InChI=1S/C16H28N4/c1-5-10-17-13-11-14(19-15(18-13)12(3)4)20-16(6-2)8-7-9-16/h11-12H,5-10H2,1-4H3,(H2,17,18,19,20). The summed E-state index contributed by atoms with van der Waals surface area (Å²) in [4.78, 5) is 9.30. The second-order valence-corrected chi connectivity index (χ2v) is 6.19. The van der Waals surface area contributed by atoms with Crippen LogP contribution in [-0.2, 0) is 0 Å². The Kier molecular flexibility index (Phi) is 4.84. The molecule has 0 spiro atoms. The molecule has 0 unspecified atom stereocenters. The molecule has 2 rings (SSSR count). The van der Waals surface area contributed by atoms with Gasteiger partial charge in [0.2, 0.25) is 0 Å². The fraction of sp³-hybridized carbons (Fsp3) is 0.750. The van der Waals surface area contributed by atoms with Gasteiger partial charge in [-0.05, 0) is 32.1 Å². The van der Waals surface area contributed by atoms with Gasteiger partial charge >= 0.3 is 0 Å². The van der Waals surface area contributed by atoms with Crippen molar-refractivity contribution in [1.82, 2.24) is 9.97 Å². The third-order valence-electron chi connectivity index (χ3n) is 4.20. The molecule has 1 heterocycles. The van der Waals surface area contributed by atoms with E-state index in [4.69, 9.17) is 4.98 Å². The van der Waals surface area contributed by atoms with E-state index in [1.807, 2.05) is 0 Å². The number of nitrogens with zero attached hydrogens (tertiary/aromatic N) is 2. The number of hydrogen-bond donors (Lipinski definition) is 2. The summed E-state index contributed by atoms with van der Waals surface area (Å²) in [6.07, 6.45) is 6.09. The molecule has 0 amide bonds. The molecule has 112 valence electrons. The van der Waals surface area contributed by atoms with Crippen molar-refractivity contribution in [2.24, 2.45) is 0 Å². The van der Waals surface area contributed by atoms with E-state index in [0.717, 1.165) is 36.8 Å². The van der Waals surface area contributed by atoms with E-state index in [0.29, 0.717) is 5.92 Å².